The van der Waals surface area contributed by atoms with Crippen LogP contribution in [0.5, 0.6) is 0 Å². The number of rotatable bonds is 5. The topological polar surface area (TPSA) is 109 Å². The van der Waals surface area contributed by atoms with E-state index in [1.54, 1.807) is 0 Å². The maximum absolute atomic E-state index is 9.85. The van der Waals surface area contributed by atoms with Crippen LogP contribution in [0, 0.1) is 5.41 Å². The Bertz CT molecular complexity index is 194. The summed E-state index contributed by atoms with van der Waals surface area (Å²) in [5.74, 6) is -0.680. The van der Waals surface area contributed by atoms with E-state index in [-0.39, 0.29) is 11.8 Å². The van der Waals surface area contributed by atoms with Crippen molar-refractivity contribution >= 4 is 29.1 Å². The lowest BCUT2D eigenvalue weighted by Crippen LogP contribution is -2.06. The standard InChI is InChI=1S/C5H9N3O3S/c6-5(7)12-2-1-11-8-3-4(9)10/h3H,1-2H2,(H3,6,7)(H,9,10). The van der Waals surface area contributed by atoms with Crippen LogP contribution in [0.15, 0.2) is 5.16 Å². The van der Waals surface area contributed by atoms with E-state index in [0.29, 0.717) is 12.0 Å². The molecule has 12 heavy (non-hydrogen) atoms. The molecule has 0 heterocycles. The molecule has 0 aliphatic rings. The molecule has 4 N–H and O–H groups in total. The zero-order valence-electron chi connectivity index (χ0n) is 6.19. The number of hydrogen-bond acceptors (Lipinski definition) is 5. The van der Waals surface area contributed by atoms with E-state index < -0.39 is 5.97 Å². The van der Waals surface area contributed by atoms with Crippen LogP contribution in [-0.4, -0.2) is 34.8 Å². The molecule has 0 bridgehead atoms. The fourth-order valence-electron chi connectivity index (χ4n) is 0.324. The van der Waals surface area contributed by atoms with Gasteiger partial charge >= 0.3 is 5.97 Å². The molecule has 0 saturated heterocycles. The zero-order chi connectivity index (χ0) is 9.40. The van der Waals surface area contributed by atoms with Crippen molar-refractivity contribution in [3.05, 3.63) is 0 Å². The van der Waals surface area contributed by atoms with E-state index in [1.807, 2.05) is 0 Å². The van der Waals surface area contributed by atoms with Crippen molar-refractivity contribution < 1.29 is 14.7 Å². The van der Waals surface area contributed by atoms with Gasteiger partial charge in [-0.05, 0) is 0 Å². The molecule has 0 atom stereocenters. The summed E-state index contributed by atoms with van der Waals surface area (Å²) >= 11 is 1.10. The molecule has 0 aromatic carbocycles. The zero-order valence-corrected chi connectivity index (χ0v) is 7.00. The molecule has 0 aromatic rings. The summed E-state index contributed by atoms with van der Waals surface area (Å²) in [6.45, 7) is 0.230. The van der Waals surface area contributed by atoms with Crippen molar-refractivity contribution in [2.24, 2.45) is 10.9 Å². The number of carboxylic acids is 1. The second-order valence-corrected chi connectivity index (χ2v) is 2.76. The Labute approximate surface area is 73.3 Å². The third-order valence-corrected chi connectivity index (χ3v) is 1.35. The van der Waals surface area contributed by atoms with Gasteiger partial charge in [0.15, 0.2) is 11.4 Å². The van der Waals surface area contributed by atoms with Crippen molar-refractivity contribution in [3.8, 4) is 0 Å². The molecule has 0 aliphatic heterocycles. The van der Waals surface area contributed by atoms with E-state index in [0.717, 1.165) is 11.8 Å². The van der Waals surface area contributed by atoms with Crippen LogP contribution in [0.4, 0.5) is 0 Å². The highest BCUT2D eigenvalue weighted by atomic mass is 32.2. The Morgan fingerprint density at radius 3 is 3.00 bits per heavy atom. The molecular weight excluding hydrogens is 182 g/mol. The number of carboxylic acid groups (broad SMARTS) is 1. The number of nitrogens with two attached hydrogens (primary N) is 1. The van der Waals surface area contributed by atoms with Gasteiger partial charge in [-0.2, -0.15) is 0 Å². The average Bonchev–Trinajstić information content (AvgIpc) is 1.95. The molecule has 0 aromatic heterocycles. The van der Waals surface area contributed by atoms with Gasteiger partial charge in [0.05, 0.1) is 0 Å². The number of carbonyl (C=O) groups is 1. The molecule has 68 valence electrons. The number of hydrogen-bond donors (Lipinski definition) is 3. The minimum atomic E-state index is -1.16. The minimum Gasteiger partial charge on any atom is -0.477 e. The Balaban J connectivity index is 3.21. The lowest BCUT2D eigenvalue weighted by Gasteiger charge is -1.96. The average molecular weight is 191 g/mol. The van der Waals surface area contributed by atoms with Gasteiger partial charge in [-0.15, -0.1) is 0 Å². The summed E-state index contributed by atoms with van der Waals surface area (Å²) in [4.78, 5) is 14.4. The maximum atomic E-state index is 9.85. The number of thioether (sulfide) groups is 1. The van der Waals surface area contributed by atoms with Crippen molar-refractivity contribution in [3.63, 3.8) is 0 Å². The van der Waals surface area contributed by atoms with Crippen molar-refractivity contribution in [1.82, 2.24) is 0 Å². The van der Waals surface area contributed by atoms with Crippen LogP contribution in [0.1, 0.15) is 0 Å². The van der Waals surface area contributed by atoms with Crippen LogP contribution in [-0.2, 0) is 9.63 Å². The second kappa shape index (κ2) is 6.47. The fraction of sp³-hybridized carbons (Fsp3) is 0.400. The third-order valence-electron chi connectivity index (χ3n) is 0.670. The molecule has 6 nitrogen and oxygen atoms in total. The fourth-order valence-corrected chi connectivity index (χ4v) is 0.702. The predicted molar refractivity (Wildman–Crippen MR) is 46.5 cm³/mol. The van der Waals surface area contributed by atoms with Crippen LogP contribution in [0.25, 0.3) is 0 Å². The monoisotopic (exact) mass is 191 g/mol. The van der Waals surface area contributed by atoms with Crippen LogP contribution in [0.3, 0.4) is 0 Å². The SMILES string of the molecule is N=C(N)SCCON=CC(=O)O. The lowest BCUT2D eigenvalue weighted by molar-refractivity contribution is -0.129. The first-order chi connectivity index (χ1) is 5.63. The van der Waals surface area contributed by atoms with E-state index >= 15 is 0 Å². The Kier molecular flexibility index (Phi) is 5.80. The largest absolute Gasteiger partial charge is 0.477 e. The number of oxime groups is 1. The van der Waals surface area contributed by atoms with Crippen LogP contribution in [0.2, 0.25) is 0 Å². The summed E-state index contributed by atoms with van der Waals surface area (Å²) in [5.41, 5.74) is 5.01. The number of aliphatic carboxylic acids is 1. The van der Waals surface area contributed by atoms with Crippen LogP contribution >= 0.6 is 11.8 Å². The van der Waals surface area contributed by atoms with E-state index in [1.165, 1.54) is 0 Å². The molecule has 0 radical (unpaired) electrons. The van der Waals surface area contributed by atoms with Gasteiger partial charge in [-0.1, -0.05) is 16.9 Å². The normalized spacial score (nSPS) is 10.0. The lowest BCUT2D eigenvalue weighted by atomic mass is 10.8. The van der Waals surface area contributed by atoms with Gasteiger partial charge < -0.3 is 15.7 Å². The Morgan fingerprint density at radius 2 is 2.50 bits per heavy atom. The Hall–Kier alpha value is -1.24. The molecule has 7 heteroatoms. The highest BCUT2D eigenvalue weighted by Crippen LogP contribution is 1.96. The van der Waals surface area contributed by atoms with Crippen molar-refractivity contribution in [2.75, 3.05) is 12.4 Å². The molecule has 0 unspecified atom stereocenters. The molecule has 0 amide bonds. The number of nitrogens with zero attached hydrogens (tertiary/aromatic N) is 1. The quantitative estimate of drug-likeness (QED) is 0.239. The van der Waals surface area contributed by atoms with Gasteiger partial charge in [-0.3, -0.25) is 5.41 Å². The first-order valence-corrected chi connectivity index (χ1v) is 3.96. The molecule has 0 spiro atoms. The highest BCUT2D eigenvalue weighted by Gasteiger charge is 1.91. The van der Waals surface area contributed by atoms with Crippen molar-refractivity contribution in [1.29, 1.82) is 5.41 Å². The highest BCUT2D eigenvalue weighted by molar-refractivity contribution is 8.13. The summed E-state index contributed by atoms with van der Waals surface area (Å²) < 4.78 is 0. The van der Waals surface area contributed by atoms with Gasteiger partial charge in [0, 0.05) is 5.75 Å². The summed E-state index contributed by atoms with van der Waals surface area (Å²) in [6.07, 6.45) is 0.651. The molecule has 0 rings (SSSR count). The summed E-state index contributed by atoms with van der Waals surface area (Å²) in [7, 11) is 0. The number of amidine groups is 1. The predicted octanol–water partition coefficient (Wildman–Crippen LogP) is -0.300. The second-order valence-electron chi connectivity index (χ2n) is 1.62. The minimum absolute atomic E-state index is 0.000754. The Morgan fingerprint density at radius 1 is 1.83 bits per heavy atom. The molecule has 0 aliphatic carbocycles. The number of nitrogens with one attached hydrogen (secondary N) is 1. The third kappa shape index (κ3) is 8.76. The maximum Gasteiger partial charge on any atom is 0.350 e. The van der Waals surface area contributed by atoms with Gasteiger partial charge in [-0.25, -0.2) is 4.79 Å². The summed E-state index contributed by atoms with van der Waals surface area (Å²) in [5, 5.41) is 18.0. The molecular formula is C5H9N3O3S. The summed E-state index contributed by atoms with van der Waals surface area (Å²) in [6, 6.07) is 0. The molecule has 0 fully saturated rings. The molecule has 0 saturated carbocycles. The van der Waals surface area contributed by atoms with Gasteiger partial charge in [0.2, 0.25) is 0 Å². The van der Waals surface area contributed by atoms with E-state index in [4.69, 9.17) is 16.2 Å². The first-order valence-electron chi connectivity index (χ1n) is 2.98. The van der Waals surface area contributed by atoms with Gasteiger partial charge in [0.1, 0.15) is 6.61 Å². The van der Waals surface area contributed by atoms with E-state index in [9.17, 15) is 4.79 Å². The van der Waals surface area contributed by atoms with Crippen LogP contribution < -0.4 is 5.73 Å². The van der Waals surface area contributed by atoms with Gasteiger partial charge in [0.25, 0.3) is 0 Å². The van der Waals surface area contributed by atoms with E-state index in [2.05, 4.69) is 9.99 Å². The smallest absolute Gasteiger partial charge is 0.350 e. The first kappa shape index (κ1) is 10.8. The van der Waals surface area contributed by atoms with Crippen molar-refractivity contribution in [2.45, 2.75) is 0 Å².